The third-order valence-electron chi connectivity index (χ3n) is 4.60. The fourth-order valence-corrected chi connectivity index (χ4v) is 3.25. The zero-order valence-corrected chi connectivity index (χ0v) is 13.8. The molecule has 4 nitrogen and oxygen atoms in total. The van der Waals surface area contributed by atoms with Crippen molar-refractivity contribution in [2.75, 3.05) is 13.7 Å². The van der Waals surface area contributed by atoms with Crippen molar-refractivity contribution in [1.82, 2.24) is 4.90 Å². The van der Waals surface area contributed by atoms with Crippen LogP contribution in [-0.4, -0.2) is 36.5 Å². The van der Waals surface area contributed by atoms with Gasteiger partial charge in [-0.1, -0.05) is 19.8 Å². The molecule has 0 aromatic heterocycles. The first kappa shape index (κ1) is 17.4. The van der Waals surface area contributed by atoms with Crippen LogP contribution in [0.5, 0.6) is 0 Å². The molecule has 1 aliphatic carbocycles. The van der Waals surface area contributed by atoms with Crippen molar-refractivity contribution in [3.8, 4) is 0 Å². The van der Waals surface area contributed by atoms with Gasteiger partial charge in [0.1, 0.15) is 5.82 Å². The zero-order chi connectivity index (χ0) is 16.8. The molecule has 126 valence electrons. The summed E-state index contributed by atoms with van der Waals surface area (Å²) in [6, 6.07) is 5.68. The maximum atomic E-state index is 13.1. The lowest BCUT2D eigenvalue weighted by atomic mass is 9.84. The molecule has 5 heteroatoms. The van der Waals surface area contributed by atoms with Gasteiger partial charge >= 0.3 is 5.97 Å². The molecule has 23 heavy (non-hydrogen) atoms. The number of carbonyl (C=O) groups is 2. The first-order chi connectivity index (χ1) is 11.0. The van der Waals surface area contributed by atoms with E-state index in [4.69, 9.17) is 0 Å². The molecule has 1 saturated carbocycles. The highest BCUT2D eigenvalue weighted by atomic mass is 19.1. The van der Waals surface area contributed by atoms with E-state index >= 15 is 0 Å². The average Bonchev–Trinajstić information content (AvgIpc) is 2.56. The third kappa shape index (κ3) is 4.53. The highest BCUT2D eigenvalue weighted by Gasteiger charge is 2.31. The van der Waals surface area contributed by atoms with Crippen LogP contribution < -0.4 is 0 Å². The van der Waals surface area contributed by atoms with E-state index in [1.807, 2.05) is 0 Å². The van der Waals surface area contributed by atoms with Gasteiger partial charge < -0.3 is 9.64 Å². The standard InChI is InChI=1S/C18H24FNO3/c1-13-5-3-4-6-16(13)20(12-11-17(21)23-2)18(22)14-7-9-15(19)10-8-14/h7-10,13,16H,3-6,11-12H2,1-2H3. The van der Waals surface area contributed by atoms with E-state index in [1.165, 1.54) is 37.8 Å². The largest absolute Gasteiger partial charge is 0.469 e. The number of methoxy groups -OCH3 is 1. The molecular formula is C18H24FNO3. The Morgan fingerprint density at radius 3 is 2.48 bits per heavy atom. The van der Waals surface area contributed by atoms with E-state index in [2.05, 4.69) is 11.7 Å². The summed E-state index contributed by atoms with van der Waals surface area (Å²) in [6.45, 7) is 2.48. The Balaban J connectivity index is 2.18. The summed E-state index contributed by atoms with van der Waals surface area (Å²) in [6.07, 6.45) is 4.45. The van der Waals surface area contributed by atoms with Gasteiger partial charge in [0.2, 0.25) is 0 Å². The van der Waals surface area contributed by atoms with Crippen LogP contribution in [0.25, 0.3) is 0 Å². The smallest absolute Gasteiger partial charge is 0.307 e. The molecule has 1 fully saturated rings. The summed E-state index contributed by atoms with van der Waals surface area (Å²) in [7, 11) is 1.34. The topological polar surface area (TPSA) is 46.6 Å². The van der Waals surface area contributed by atoms with Crippen LogP contribution >= 0.6 is 0 Å². The van der Waals surface area contributed by atoms with Crippen LogP contribution in [0.15, 0.2) is 24.3 Å². The van der Waals surface area contributed by atoms with E-state index in [9.17, 15) is 14.0 Å². The molecule has 1 aromatic rings. The van der Waals surface area contributed by atoms with E-state index in [-0.39, 0.29) is 30.2 Å². The van der Waals surface area contributed by atoms with Crippen molar-refractivity contribution in [2.45, 2.75) is 45.1 Å². The fraction of sp³-hybridized carbons (Fsp3) is 0.556. The van der Waals surface area contributed by atoms with Gasteiger partial charge in [0, 0.05) is 18.2 Å². The van der Waals surface area contributed by atoms with Gasteiger partial charge in [-0.25, -0.2) is 4.39 Å². The number of amides is 1. The molecule has 0 saturated heterocycles. The summed E-state index contributed by atoms with van der Waals surface area (Å²) in [4.78, 5) is 26.1. The SMILES string of the molecule is COC(=O)CCN(C(=O)c1ccc(F)cc1)C1CCCCC1C. The van der Waals surface area contributed by atoms with Crippen LogP contribution in [-0.2, 0) is 9.53 Å². The monoisotopic (exact) mass is 321 g/mol. The summed E-state index contributed by atoms with van der Waals surface area (Å²) >= 11 is 0. The van der Waals surface area contributed by atoms with Gasteiger partial charge in [-0.2, -0.15) is 0 Å². The Labute approximate surface area is 136 Å². The molecule has 0 bridgehead atoms. The normalized spacial score (nSPS) is 20.8. The molecule has 0 heterocycles. The van der Waals surface area contributed by atoms with E-state index in [1.54, 1.807) is 4.90 Å². The number of nitrogens with zero attached hydrogens (tertiary/aromatic N) is 1. The van der Waals surface area contributed by atoms with Gasteiger partial charge in [-0.05, 0) is 43.0 Å². The second-order valence-electron chi connectivity index (χ2n) is 6.16. The van der Waals surface area contributed by atoms with Crippen molar-refractivity contribution >= 4 is 11.9 Å². The number of benzene rings is 1. The minimum atomic E-state index is -0.367. The van der Waals surface area contributed by atoms with Gasteiger partial charge in [0.15, 0.2) is 0 Å². The molecule has 0 N–H and O–H groups in total. The second-order valence-corrected chi connectivity index (χ2v) is 6.16. The lowest BCUT2D eigenvalue weighted by Crippen LogP contribution is -2.46. The first-order valence-corrected chi connectivity index (χ1v) is 8.16. The molecule has 1 aromatic carbocycles. The van der Waals surface area contributed by atoms with Crippen LogP contribution in [0.4, 0.5) is 4.39 Å². The van der Waals surface area contributed by atoms with E-state index < -0.39 is 0 Å². The number of ether oxygens (including phenoxy) is 1. The minimum absolute atomic E-state index is 0.117. The Bertz CT molecular complexity index is 544. The number of hydrogen-bond acceptors (Lipinski definition) is 3. The molecule has 0 radical (unpaired) electrons. The van der Waals surface area contributed by atoms with Crippen molar-refractivity contribution in [1.29, 1.82) is 0 Å². The van der Waals surface area contributed by atoms with E-state index in [0.29, 0.717) is 18.0 Å². The average molecular weight is 321 g/mol. The Morgan fingerprint density at radius 1 is 1.22 bits per heavy atom. The number of hydrogen-bond donors (Lipinski definition) is 0. The van der Waals surface area contributed by atoms with Gasteiger partial charge in [0.25, 0.3) is 5.91 Å². The Kier molecular flexibility index (Phi) is 6.13. The minimum Gasteiger partial charge on any atom is -0.469 e. The van der Waals surface area contributed by atoms with Crippen molar-refractivity contribution in [3.05, 3.63) is 35.6 Å². The zero-order valence-electron chi connectivity index (χ0n) is 13.8. The molecule has 0 aliphatic heterocycles. The maximum Gasteiger partial charge on any atom is 0.307 e. The Hall–Kier alpha value is -1.91. The lowest BCUT2D eigenvalue weighted by Gasteiger charge is -2.38. The summed E-state index contributed by atoms with van der Waals surface area (Å²) in [5.41, 5.74) is 0.453. The number of rotatable bonds is 5. The van der Waals surface area contributed by atoms with Crippen molar-refractivity contribution in [3.63, 3.8) is 0 Å². The fourth-order valence-electron chi connectivity index (χ4n) is 3.25. The molecule has 1 amide bonds. The summed E-state index contributed by atoms with van der Waals surface area (Å²) < 4.78 is 17.8. The number of halogens is 1. The number of esters is 1. The molecule has 0 spiro atoms. The van der Waals surface area contributed by atoms with Crippen LogP contribution in [0.1, 0.15) is 49.4 Å². The van der Waals surface area contributed by atoms with Crippen LogP contribution in [0.2, 0.25) is 0 Å². The third-order valence-corrected chi connectivity index (χ3v) is 4.60. The molecule has 1 aliphatic rings. The molecule has 2 atom stereocenters. The van der Waals surface area contributed by atoms with Gasteiger partial charge in [0.05, 0.1) is 13.5 Å². The lowest BCUT2D eigenvalue weighted by molar-refractivity contribution is -0.141. The molecule has 2 unspecified atom stereocenters. The predicted octanol–water partition coefficient (Wildman–Crippen LogP) is 3.41. The van der Waals surface area contributed by atoms with Crippen LogP contribution in [0, 0.1) is 11.7 Å². The highest BCUT2D eigenvalue weighted by molar-refractivity contribution is 5.94. The predicted molar refractivity (Wildman–Crippen MR) is 85.5 cm³/mol. The van der Waals surface area contributed by atoms with Gasteiger partial charge in [-0.15, -0.1) is 0 Å². The van der Waals surface area contributed by atoms with Crippen LogP contribution in [0.3, 0.4) is 0 Å². The second kappa shape index (κ2) is 8.09. The Morgan fingerprint density at radius 2 is 1.87 bits per heavy atom. The van der Waals surface area contributed by atoms with Crippen molar-refractivity contribution in [2.24, 2.45) is 5.92 Å². The number of carbonyl (C=O) groups excluding carboxylic acids is 2. The maximum absolute atomic E-state index is 13.1. The quantitative estimate of drug-likeness (QED) is 0.781. The summed E-state index contributed by atoms with van der Waals surface area (Å²) in [5.74, 6) is -0.447. The van der Waals surface area contributed by atoms with Gasteiger partial charge in [-0.3, -0.25) is 9.59 Å². The van der Waals surface area contributed by atoms with E-state index in [0.717, 1.165) is 19.3 Å². The highest BCUT2D eigenvalue weighted by Crippen LogP contribution is 2.29. The first-order valence-electron chi connectivity index (χ1n) is 8.16. The van der Waals surface area contributed by atoms with Crippen molar-refractivity contribution < 1.29 is 18.7 Å². The molecule has 2 rings (SSSR count). The summed E-state index contributed by atoms with van der Waals surface area (Å²) in [5, 5.41) is 0. The molecular weight excluding hydrogens is 297 g/mol.